The van der Waals surface area contributed by atoms with Crippen LogP contribution in [0.5, 0.6) is 0 Å². The Labute approximate surface area is 309 Å². The van der Waals surface area contributed by atoms with Crippen molar-refractivity contribution in [1.29, 1.82) is 0 Å². The summed E-state index contributed by atoms with van der Waals surface area (Å²) in [6.07, 6.45) is 4.74. The molecule has 274 valence electrons. The summed E-state index contributed by atoms with van der Waals surface area (Å²) in [4.78, 5) is 59.7. The first-order valence-corrected chi connectivity index (χ1v) is 18.9. The Hall–Kier alpha value is -3.80. The molecule has 0 aromatic heterocycles. The zero-order chi connectivity index (χ0) is 36.7. The number of fused-ring (bicyclic) bond motifs is 1. The summed E-state index contributed by atoms with van der Waals surface area (Å²) < 4.78 is 13.0. The zero-order valence-corrected chi connectivity index (χ0v) is 31.1. The number of alkyl halides is 1. The van der Waals surface area contributed by atoms with Crippen molar-refractivity contribution in [3.63, 3.8) is 0 Å². The van der Waals surface area contributed by atoms with Gasteiger partial charge in [-0.3, -0.25) is 19.2 Å². The molecular weight excluding hydrogens is 714 g/mol. The molecule has 1 unspecified atom stereocenters. The third kappa shape index (κ3) is 7.85. The summed E-state index contributed by atoms with van der Waals surface area (Å²) in [5.74, 6) is -3.61. The molecule has 11 heteroatoms. The summed E-state index contributed by atoms with van der Waals surface area (Å²) >= 11 is 3.75. The predicted molar refractivity (Wildman–Crippen MR) is 198 cm³/mol. The van der Waals surface area contributed by atoms with E-state index in [-0.39, 0.29) is 36.2 Å². The van der Waals surface area contributed by atoms with E-state index < -0.39 is 59.6 Å². The number of nitrogens with one attached hydrogen (secondary N) is 1. The molecule has 51 heavy (non-hydrogen) atoms. The molecule has 3 amide bonds. The second-order valence-corrected chi connectivity index (χ2v) is 15.0. The number of carbonyl (C=O) groups is 4. The molecular formula is C40H50BrN3O7. The number of nitrogens with zero attached hydrogens (tertiary/aromatic N) is 2. The Morgan fingerprint density at radius 1 is 1.14 bits per heavy atom. The minimum atomic E-state index is -1.33. The number of allylic oxidation sites excluding steroid dienone is 1. The molecule has 0 radical (unpaired) electrons. The van der Waals surface area contributed by atoms with E-state index in [0.29, 0.717) is 31.4 Å². The predicted octanol–water partition coefficient (Wildman–Crippen LogP) is 4.91. The number of ether oxygens (including phenoxy) is 2. The summed E-state index contributed by atoms with van der Waals surface area (Å²) in [6.45, 7) is 11.7. The van der Waals surface area contributed by atoms with Gasteiger partial charge in [-0.05, 0) is 43.7 Å². The van der Waals surface area contributed by atoms with Gasteiger partial charge in [0.05, 0.1) is 36.6 Å². The average molecular weight is 765 g/mol. The van der Waals surface area contributed by atoms with Crippen molar-refractivity contribution in [2.75, 3.05) is 19.7 Å². The van der Waals surface area contributed by atoms with E-state index in [2.05, 4.69) is 34.4 Å². The Kier molecular flexibility index (Phi) is 12.9. The number of esters is 1. The van der Waals surface area contributed by atoms with Crippen molar-refractivity contribution >= 4 is 39.6 Å². The second kappa shape index (κ2) is 17.1. The van der Waals surface area contributed by atoms with Gasteiger partial charge in [0, 0.05) is 24.3 Å². The van der Waals surface area contributed by atoms with Gasteiger partial charge in [-0.15, -0.1) is 13.2 Å². The van der Waals surface area contributed by atoms with Crippen LogP contribution in [0, 0.1) is 11.8 Å². The van der Waals surface area contributed by atoms with Gasteiger partial charge in [-0.2, -0.15) is 0 Å². The molecule has 0 saturated carbocycles. The van der Waals surface area contributed by atoms with Gasteiger partial charge in [-0.1, -0.05) is 102 Å². The highest BCUT2D eigenvalue weighted by atomic mass is 79.9. The minimum absolute atomic E-state index is 0.203. The molecule has 5 rings (SSSR count). The summed E-state index contributed by atoms with van der Waals surface area (Å²) in [6, 6.07) is 16.3. The molecule has 0 aliphatic carbocycles. The Morgan fingerprint density at radius 3 is 2.45 bits per heavy atom. The molecule has 9 atom stereocenters. The number of unbranched alkanes of at least 4 members (excludes halogenated alkanes) is 1. The lowest BCUT2D eigenvalue weighted by atomic mass is 9.70. The number of amides is 3. The number of carbonyl (C=O) groups excluding carboxylic acids is 4. The van der Waals surface area contributed by atoms with Crippen molar-refractivity contribution in [3.05, 3.63) is 97.1 Å². The van der Waals surface area contributed by atoms with E-state index >= 15 is 0 Å². The van der Waals surface area contributed by atoms with E-state index in [1.807, 2.05) is 67.6 Å². The maximum Gasteiger partial charge on any atom is 0.313 e. The van der Waals surface area contributed by atoms with Crippen LogP contribution in [0.4, 0.5) is 0 Å². The van der Waals surface area contributed by atoms with Crippen LogP contribution >= 0.6 is 15.9 Å². The number of hydrogen-bond acceptors (Lipinski definition) is 7. The third-order valence-corrected chi connectivity index (χ3v) is 11.2. The molecule has 3 aliphatic heterocycles. The lowest BCUT2D eigenvalue weighted by Gasteiger charge is -2.39. The highest BCUT2D eigenvalue weighted by Gasteiger charge is 2.77. The molecule has 10 nitrogen and oxygen atoms in total. The number of rotatable bonds is 18. The first kappa shape index (κ1) is 38.4. The number of aliphatic hydroxyl groups is 1. The molecule has 2 N–H and O–H groups in total. The molecule has 2 bridgehead atoms. The molecule has 2 aromatic rings. The SMILES string of the molecule is C=CCCC(=O)N[C@H](C)[C@@H](OC(=O)[C@H]1[C@@H]2O[C@@]3(CC2Br)[C@@H]1C(=O)N([C@@H](CO)Cc1ccccc1)[C@@H]3C(=O)N(CC=C)CCCC)c1ccccc1. The molecule has 1 spiro atoms. The van der Waals surface area contributed by atoms with Gasteiger partial charge < -0.3 is 29.7 Å². The molecule has 2 aromatic carbocycles. The maximum absolute atomic E-state index is 14.9. The molecule has 3 aliphatic rings. The van der Waals surface area contributed by atoms with Crippen LogP contribution in [0.25, 0.3) is 0 Å². The van der Waals surface area contributed by atoms with Gasteiger partial charge in [0.25, 0.3) is 0 Å². The van der Waals surface area contributed by atoms with E-state index in [1.165, 1.54) is 4.90 Å². The first-order valence-electron chi connectivity index (χ1n) is 18.0. The summed E-state index contributed by atoms with van der Waals surface area (Å²) in [5, 5.41) is 13.8. The molecule has 3 fully saturated rings. The first-order chi connectivity index (χ1) is 24.6. The van der Waals surface area contributed by atoms with Crippen LogP contribution in [0.15, 0.2) is 86.0 Å². The number of halogens is 1. The van der Waals surface area contributed by atoms with E-state index in [0.717, 1.165) is 18.4 Å². The fourth-order valence-electron chi connectivity index (χ4n) is 8.06. The van der Waals surface area contributed by atoms with Crippen LogP contribution in [-0.4, -0.2) is 93.0 Å². The van der Waals surface area contributed by atoms with E-state index in [9.17, 15) is 24.3 Å². The van der Waals surface area contributed by atoms with E-state index in [1.54, 1.807) is 24.0 Å². The quantitative estimate of drug-likeness (QED) is 0.126. The van der Waals surface area contributed by atoms with Crippen LogP contribution in [0.3, 0.4) is 0 Å². The maximum atomic E-state index is 14.9. The highest BCUT2D eigenvalue weighted by molar-refractivity contribution is 9.09. The minimum Gasteiger partial charge on any atom is -0.455 e. The second-order valence-electron chi connectivity index (χ2n) is 13.8. The van der Waals surface area contributed by atoms with Crippen molar-refractivity contribution < 1.29 is 33.8 Å². The Balaban J connectivity index is 1.53. The van der Waals surface area contributed by atoms with Crippen molar-refractivity contribution in [2.24, 2.45) is 11.8 Å². The number of hydrogen-bond donors (Lipinski definition) is 2. The average Bonchev–Trinajstić information content (AvgIpc) is 3.73. The monoisotopic (exact) mass is 763 g/mol. The van der Waals surface area contributed by atoms with Crippen LogP contribution < -0.4 is 5.32 Å². The molecule has 3 heterocycles. The smallest absolute Gasteiger partial charge is 0.313 e. The molecule has 3 saturated heterocycles. The summed E-state index contributed by atoms with van der Waals surface area (Å²) in [7, 11) is 0. The fourth-order valence-corrected chi connectivity index (χ4v) is 9.00. The van der Waals surface area contributed by atoms with Gasteiger partial charge >= 0.3 is 5.97 Å². The number of benzene rings is 2. The zero-order valence-electron chi connectivity index (χ0n) is 29.5. The third-order valence-electron chi connectivity index (χ3n) is 10.4. The Bertz CT molecular complexity index is 1560. The standard InChI is InChI=1S/C40H50BrN3O7/c1-5-8-20-31(46)42-26(4)34(28-18-14-11-15-19-28)50-39(49)32-33-37(47)44(29(25-45)23-27-16-12-10-13-17-27)36(40(33)24-30(41)35(32)51-40)38(48)43(21-7-3)22-9-6-2/h5,7,10-19,26,29-30,32-36,45H,1,3,6,8-9,20-25H2,2,4H3,(H,42,46)/t26-,29-,30?,32-,33+,34-,35-,36-,40+/m1/s1. The van der Waals surface area contributed by atoms with Crippen molar-refractivity contribution in [3.8, 4) is 0 Å². The normalized spacial score (nSPS) is 26.5. The largest absolute Gasteiger partial charge is 0.455 e. The van der Waals surface area contributed by atoms with Gasteiger partial charge in [0.2, 0.25) is 17.7 Å². The topological polar surface area (TPSA) is 125 Å². The number of likely N-dealkylation sites (tertiary alicyclic amines) is 1. The van der Waals surface area contributed by atoms with Gasteiger partial charge in [-0.25, -0.2) is 0 Å². The highest BCUT2D eigenvalue weighted by Crippen LogP contribution is 2.61. The van der Waals surface area contributed by atoms with Crippen LogP contribution in [0.2, 0.25) is 0 Å². The van der Waals surface area contributed by atoms with Crippen LogP contribution in [-0.2, 0) is 35.1 Å². The fraction of sp³-hybridized carbons (Fsp3) is 0.500. The van der Waals surface area contributed by atoms with E-state index in [4.69, 9.17) is 9.47 Å². The van der Waals surface area contributed by atoms with Crippen molar-refractivity contribution in [2.45, 2.75) is 93.1 Å². The van der Waals surface area contributed by atoms with Gasteiger partial charge in [0.1, 0.15) is 17.7 Å². The lowest BCUT2D eigenvalue weighted by molar-refractivity contribution is -0.162. The van der Waals surface area contributed by atoms with Crippen molar-refractivity contribution in [1.82, 2.24) is 15.1 Å². The summed E-state index contributed by atoms with van der Waals surface area (Å²) in [5.41, 5.74) is 0.246. The van der Waals surface area contributed by atoms with Crippen LogP contribution in [0.1, 0.15) is 63.2 Å². The lowest BCUT2D eigenvalue weighted by Crippen LogP contribution is -2.59. The number of aliphatic hydroxyl groups excluding tert-OH is 1. The Morgan fingerprint density at radius 2 is 1.82 bits per heavy atom. The van der Waals surface area contributed by atoms with Gasteiger partial charge in [0.15, 0.2) is 0 Å².